The first kappa shape index (κ1) is 51.2. The summed E-state index contributed by atoms with van der Waals surface area (Å²) in [5.41, 5.74) is 0. The Balaban J connectivity index is -0.0000000239. The van der Waals surface area contributed by atoms with Crippen molar-refractivity contribution in [2.45, 2.75) is 0 Å². The Kier molecular flexibility index (Phi) is 52.2. The van der Waals surface area contributed by atoms with Gasteiger partial charge in [0.2, 0.25) is 0 Å². The van der Waals surface area contributed by atoms with Crippen molar-refractivity contribution in [3.8, 4) is 0 Å². The molecule has 0 aliphatic rings. The predicted octanol–water partition coefficient (Wildman–Crippen LogP) is -11.4. The second kappa shape index (κ2) is 25.4. The molecular weight excluding hydrogens is 733 g/mol. The summed E-state index contributed by atoms with van der Waals surface area (Å²) in [5, 5.41) is 0. The molecule has 0 aliphatic heterocycles. The van der Waals surface area contributed by atoms with Crippen molar-refractivity contribution in [2.24, 2.45) is 0 Å². The molecule has 0 aromatic heterocycles. The molecule has 25 heavy (non-hydrogen) atoms. The molecule has 0 spiro atoms. The topological polar surface area (TPSA) is 362 Å². The van der Waals surface area contributed by atoms with Gasteiger partial charge >= 0.3 is 98.4 Å². The van der Waals surface area contributed by atoms with E-state index in [4.69, 9.17) is 80.8 Å². The molecule has 145 valence electrons. The van der Waals surface area contributed by atoms with Crippen LogP contribution in [0.5, 0.6) is 0 Å². The third-order valence-electron chi connectivity index (χ3n) is 0. The SMILES string of the molecule is O=P([O-])([O-])[O-].O=P([O-])([O-])[O-].O=P([O-])([O-])[O-].O=P([O-])([O-])[O-].[O]=[Cu].[Zr+4].[Zr+4].[Zr+4]. The van der Waals surface area contributed by atoms with Crippen molar-refractivity contribution in [3.05, 3.63) is 0 Å². The summed E-state index contributed by atoms with van der Waals surface area (Å²) in [6.45, 7) is 0. The van der Waals surface area contributed by atoms with Crippen LogP contribution in [0.15, 0.2) is 0 Å². The Morgan fingerprint density at radius 2 is 0.360 bits per heavy atom. The first-order valence-corrected chi connectivity index (χ1v) is 9.27. The monoisotopic (exact) mass is 728 g/mol. The van der Waals surface area contributed by atoms with E-state index in [9.17, 15) is 0 Å². The van der Waals surface area contributed by atoms with E-state index in [2.05, 4.69) is 15.9 Å². The minimum absolute atomic E-state index is 0. The van der Waals surface area contributed by atoms with Gasteiger partial charge in [-0.1, -0.05) is 0 Å². The van der Waals surface area contributed by atoms with E-state index in [0.717, 1.165) is 0 Å². The molecule has 0 atom stereocenters. The minimum atomic E-state index is -5.39. The van der Waals surface area contributed by atoms with Crippen LogP contribution in [0.1, 0.15) is 0 Å². The van der Waals surface area contributed by atoms with Gasteiger partial charge in [-0.25, -0.2) is 0 Å². The summed E-state index contributed by atoms with van der Waals surface area (Å²) in [6, 6.07) is 0. The molecule has 0 rings (SSSR count). The molecule has 0 aliphatic carbocycles. The summed E-state index contributed by atoms with van der Waals surface area (Å²) >= 11 is 2.94. The van der Waals surface area contributed by atoms with Gasteiger partial charge in [0.25, 0.3) is 0 Å². The van der Waals surface area contributed by atoms with E-state index in [1.807, 2.05) is 0 Å². The van der Waals surface area contributed by atoms with Gasteiger partial charge in [0, 0.05) is 0 Å². The van der Waals surface area contributed by atoms with Crippen LogP contribution in [-0.2, 0) is 117 Å². The standard InChI is InChI=1S/Cu.4H3O4P.O.3Zr/c;4*1-5(2,3)4;;;;/h;4*(H3,1,2,3,4);;;;/q;;;;;;3*+4/p-12. The number of hydrogen-bond donors (Lipinski definition) is 0. The molecule has 0 aromatic carbocycles. The molecule has 0 aromatic rings. The summed E-state index contributed by atoms with van der Waals surface area (Å²) in [4.78, 5) is 103. The summed E-state index contributed by atoms with van der Waals surface area (Å²) in [6.07, 6.45) is 0. The van der Waals surface area contributed by atoms with E-state index in [1.54, 1.807) is 0 Å². The van der Waals surface area contributed by atoms with Crippen molar-refractivity contribution >= 4 is 31.3 Å². The van der Waals surface area contributed by atoms with Crippen molar-refractivity contribution in [3.63, 3.8) is 0 Å². The largest absolute Gasteiger partial charge is 4.00 e. The molecule has 0 amide bonds. The van der Waals surface area contributed by atoms with Crippen molar-refractivity contribution in [2.75, 3.05) is 0 Å². The Labute approximate surface area is 204 Å². The van der Waals surface area contributed by atoms with E-state index in [-0.39, 0.29) is 78.6 Å². The number of rotatable bonds is 0. The predicted molar refractivity (Wildman–Crippen MR) is 31.1 cm³/mol. The van der Waals surface area contributed by atoms with Gasteiger partial charge in [0.15, 0.2) is 0 Å². The van der Waals surface area contributed by atoms with E-state index < -0.39 is 31.3 Å². The first-order chi connectivity index (χ1) is 9.00. The van der Waals surface area contributed by atoms with Crippen LogP contribution >= 0.6 is 31.3 Å². The Bertz CT molecular complexity index is 312. The van der Waals surface area contributed by atoms with Gasteiger partial charge in [0.1, 0.15) is 0 Å². The van der Waals surface area contributed by atoms with Crippen LogP contribution in [0.2, 0.25) is 0 Å². The normalized spacial score (nSPS) is 9.68. The average molecular weight is 733 g/mol. The second-order valence-electron chi connectivity index (χ2n) is 1.79. The van der Waals surface area contributed by atoms with Crippen molar-refractivity contribution in [1.82, 2.24) is 0 Å². The molecule has 0 saturated heterocycles. The molecule has 0 N–H and O–H groups in total. The maximum Gasteiger partial charge on any atom is 4.00 e. The first-order valence-electron chi connectivity index (χ1n) is 3.04. The van der Waals surface area contributed by atoms with Crippen LogP contribution in [0.3, 0.4) is 0 Å². The van der Waals surface area contributed by atoms with Gasteiger partial charge in [-0.3, -0.25) is 0 Å². The Hall–Kier alpha value is 3.41. The fraction of sp³-hybridized carbons (Fsp3) is 0. The molecule has 0 heterocycles. The fourth-order valence-corrected chi connectivity index (χ4v) is 0. The van der Waals surface area contributed by atoms with E-state index in [1.165, 1.54) is 0 Å². The van der Waals surface area contributed by atoms with Crippen LogP contribution in [0.25, 0.3) is 0 Å². The van der Waals surface area contributed by atoms with E-state index >= 15 is 0 Å². The minimum Gasteiger partial charge on any atom is 4.00 e. The molecular formula is CuO17P4Zr3. The number of hydrogen-bond acceptors (Lipinski definition) is 17. The van der Waals surface area contributed by atoms with Crippen LogP contribution in [0.4, 0.5) is 0 Å². The van der Waals surface area contributed by atoms with Gasteiger partial charge in [0.05, 0.1) is 0 Å². The molecule has 0 saturated carbocycles. The molecule has 25 heteroatoms. The molecule has 17 nitrogen and oxygen atoms in total. The summed E-state index contributed by atoms with van der Waals surface area (Å²) in [7, 11) is -21.6. The smallest absolute Gasteiger partial charge is 4.00 e. The average Bonchev–Trinajstić information content (AvgIpc) is 1.92. The molecule has 0 radical (unpaired) electrons. The quantitative estimate of drug-likeness (QED) is 0.165. The zero-order valence-corrected chi connectivity index (χ0v) is 22.4. The Morgan fingerprint density at radius 3 is 0.360 bits per heavy atom. The maximum absolute atomic E-state index is 8.55. The number of phosphoric acid groups is 4. The van der Waals surface area contributed by atoms with Crippen LogP contribution < -0.4 is 58.7 Å². The van der Waals surface area contributed by atoms with Crippen LogP contribution in [-0.4, -0.2) is 0 Å². The zero-order chi connectivity index (χ0) is 20.0. The third kappa shape index (κ3) is 1520. The second-order valence-corrected chi connectivity index (χ2v) is 5.37. The van der Waals surface area contributed by atoms with Gasteiger partial charge in [-0.2, -0.15) is 31.3 Å². The molecule has 0 unspecified atom stereocenters. The zero-order valence-electron chi connectivity index (χ0n) is 10.5. The molecule has 0 fully saturated rings. The summed E-state index contributed by atoms with van der Waals surface area (Å²) in [5.74, 6) is 0. The van der Waals surface area contributed by atoms with Gasteiger partial charge in [-0.05, 0) is 0 Å². The van der Waals surface area contributed by atoms with Crippen molar-refractivity contribution in [1.29, 1.82) is 0 Å². The van der Waals surface area contributed by atoms with Gasteiger partial charge in [-0.15, -0.1) is 0 Å². The van der Waals surface area contributed by atoms with Gasteiger partial charge < -0.3 is 77.0 Å². The fourth-order valence-electron chi connectivity index (χ4n) is 0. The van der Waals surface area contributed by atoms with Crippen molar-refractivity contribution < 1.29 is 175 Å². The third-order valence-corrected chi connectivity index (χ3v) is 0. The summed E-state index contributed by atoms with van der Waals surface area (Å²) < 4.78 is 42.0. The van der Waals surface area contributed by atoms with Crippen LogP contribution in [0, 0.1) is 0 Å². The Morgan fingerprint density at radius 1 is 0.360 bits per heavy atom. The maximum atomic E-state index is 8.55. The molecule has 0 bridgehead atoms. The van der Waals surface area contributed by atoms with E-state index in [0.29, 0.717) is 0 Å².